The third-order valence-electron chi connectivity index (χ3n) is 1.27. The topological polar surface area (TPSA) is 87.0 Å². The highest BCUT2D eigenvalue weighted by Gasteiger charge is 2.18. The van der Waals surface area contributed by atoms with Gasteiger partial charge in [0, 0.05) is 11.5 Å². The maximum absolute atomic E-state index is 5.37. The average Bonchev–Trinajstić information content (AvgIpc) is 2.11. The number of aromatic nitrogens is 1. The SMILES string of the molecule is CC(C)(C)c1cc(N)no1.N. The van der Waals surface area contributed by atoms with E-state index in [-0.39, 0.29) is 11.6 Å². The molecule has 0 saturated carbocycles. The number of nitrogens with zero attached hydrogens (tertiary/aromatic N) is 1. The molecule has 5 N–H and O–H groups in total. The summed E-state index contributed by atoms with van der Waals surface area (Å²) in [6.45, 7) is 6.15. The van der Waals surface area contributed by atoms with Crippen molar-refractivity contribution in [3.05, 3.63) is 11.8 Å². The highest BCUT2D eigenvalue weighted by molar-refractivity contribution is 5.29. The summed E-state index contributed by atoms with van der Waals surface area (Å²) in [4.78, 5) is 0. The van der Waals surface area contributed by atoms with E-state index in [1.54, 1.807) is 6.07 Å². The minimum atomic E-state index is 0. The molecule has 4 nitrogen and oxygen atoms in total. The summed E-state index contributed by atoms with van der Waals surface area (Å²) in [6.07, 6.45) is 0. The van der Waals surface area contributed by atoms with Gasteiger partial charge in [-0.3, -0.25) is 0 Å². The van der Waals surface area contributed by atoms with Gasteiger partial charge in [0.05, 0.1) is 0 Å². The van der Waals surface area contributed by atoms with E-state index in [0.717, 1.165) is 5.76 Å². The van der Waals surface area contributed by atoms with Crippen LogP contribution in [0.15, 0.2) is 10.6 Å². The van der Waals surface area contributed by atoms with Crippen LogP contribution in [0.2, 0.25) is 0 Å². The lowest BCUT2D eigenvalue weighted by atomic mass is 9.93. The second-order valence-electron chi connectivity index (χ2n) is 3.37. The van der Waals surface area contributed by atoms with E-state index in [1.807, 2.05) is 20.8 Å². The fourth-order valence-corrected chi connectivity index (χ4v) is 0.642. The summed E-state index contributed by atoms with van der Waals surface area (Å²) < 4.78 is 4.95. The molecule has 0 saturated heterocycles. The van der Waals surface area contributed by atoms with Gasteiger partial charge in [0.2, 0.25) is 0 Å². The minimum absolute atomic E-state index is 0. The van der Waals surface area contributed by atoms with Crippen molar-refractivity contribution in [3.63, 3.8) is 0 Å². The molecule has 0 aliphatic heterocycles. The standard InChI is InChI=1S/C7H12N2O.H3N/c1-7(2,3)5-4-6(8)9-10-5;/h4H,1-3H3,(H2,8,9);1H3. The molecule has 0 bridgehead atoms. The van der Waals surface area contributed by atoms with Crippen LogP contribution in [0.5, 0.6) is 0 Å². The Bertz CT molecular complexity index is 224. The Morgan fingerprint density at radius 2 is 2.00 bits per heavy atom. The first-order valence-corrected chi connectivity index (χ1v) is 3.23. The summed E-state index contributed by atoms with van der Waals surface area (Å²) in [6, 6.07) is 1.75. The van der Waals surface area contributed by atoms with Gasteiger partial charge in [0.15, 0.2) is 5.82 Å². The maximum Gasteiger partial charge on any atom is 0.167 e. The maximum atomic E-state index is 5.37. The van der Waals surface area contributed by atoms with E-state index in [0.29, 0.717) is 5.82 Å². The molecular formula is C7H15N3O. The predicted molar refractivity (Wildman–Crippen MR) is 44.6 cm³/mol. The summed E-state index contributed by atoms with van der Waals surface area (Å²) in [5.74, 6) is 1.27. The molecule has 64 valence electrons. The Kier molecular flexibility index (Phi) is 2.65. The van der Waals surface area contributed by atoms with Crippen molar-refractivity contribution in [2.24, 2.45) is 0 Å². The molecule has 11 heavy (non-hydrogen) atoms. The van der Waals surface area contributed by atoms with E-state index >= 15 is 0 Å². The Balaban J connectivity index is 0.000001000. The molecule has 4 heteroatoms. The molecule has 0 amide bonds. The molecule has 0 radical (unpaired) electrons. The van der Waals surface area contributed by atoms with Gasteiger partial charge in [-0.2, -0.15) is 0 Å². The largest absolute Gasteiger partial charge is 0.381 e. The van der Waals surface area contributed by atoms with Crippen LogP contribution in [0.3, 0.4) is 0 Å². The highest BCUT2D eigenvalue weighted by Crippen LogP contribution is 2.22. The highest BCUT2D eigenvalue weighted by atomic mass is 16.5. The van der Waals surface area contributed by atoms with Crippen LogP contribution in [-0.2, 0) is 5.41 Å². The van der Waals surface area contributed by atoms with Crippen LogP contribution in [0.25, 0.3) is 0 Å². The van der Waals surface area contributed by atoms with Gasteiger partial charge < -0.3 is 16.4 Å². The van der Waals surface area contributed by atoms with Gasteiger partial charge in [0.25, 0.3) is 0 Å². The lowest BCUT2D eigenvalue weighted by Gasteiger charge is -2.11. The van der Waals surface area contributed by atoms with Gasteiger partial charge >= 0.3 is 0 Å². The number of anilines is 1. The second kappa shape index (κ2) is 2.92. The molecule has 0 aliphatic rings. The van der Waals surface area contributed by atoms with Crippen LogP contribution in [0, 0.1) is 0 Å². The van der Waals surface area contributed by atoms with Crippen molar-refractivity contribution in [2.75, 3.05) is 5.73 Å². The molecule has 1 rings (SSSR count). The average molecular weight is 157 g/mol. The van der Waals surface area contributed by atoms with Crippen molar-refractivity contribution in [2.45, 2.75) is 26.2 Å². The van der Waals surface area contributed by atoms with Crippen LogP contribution >= 0.6 is 0 Å². The van der Waals surface area contributed by atoms with Crippen LogP contribution in [-0.4, -0.2) is 5.16 Å². The molecule has 0 unspecified atom stereocenters. The Labute approximate surface area is 66.3 Å². The van der Waals surface area contributed by atoms with Gasteiger partial charge in [0.1, 0.15) is 5.76 Å². The van der Waals surface area contributed by atoms with Crippen LogP contribution < -0.4 is 11.9 Å². The quantitative estimate of drug-likeness (QED) is 0.600. The number of hydrogen-bond acceptors (Lipinski definition) is 4. The van der Waals surface area contributed by atoms with Crippen molar-refractivity contribution in [1.29, 1.82) is 0 Å². The molecular weight excluding hydrogens is 142 g/mol. The lowest BCUT2D eigenvalue weighted by Crippen LogP contribution is -2.09. The number of rotatable bonds is 0. The zero-order chi connectivity index (χ0) is 7.78. The fraction of sp³-hybridized carbons (Fsp3) is 0.571. The Morgan fingerprint density at radius 1 is 1.45 bits per heavy atom. The van der Waals surface area contributed by atoms with E-state index in [1.165, 1.54) is 0 Å². The summed E-state index contributed by atoms with van der Waals surface area (Å²) >= 11 is 0. The van der Waals surface area contributed by atoms with Gasteiger partial charge in [-0.05, 0) is 0 Å². The van der Waals surface area contributed by atoms with Crippen molar-refractivity contribution >= 4 is 5.82 Å². The molecule has 1 aromatic heterocycles. The molecule has 1 aromatic rings. The Hall–Kier alpha value is -1.03. The van der Waals surface area contributed by atoms with E-state index in [4.69, 9.17) is 10.3 Å². The van der Waals surface area contributed by atoms with E-state index in [2.05, 4.69) is 5.16 Å². The molecule has 1 heterocycles. The first kappa shape index (κ1) is 9.97. The van der Waals surface area contributed by atoms with E-state index in [9.17, 15) is 0 Å². The Morgan fingerprint density at radius 3 is 2.18 bits per heavy atom. The van der Waals surface area contributed by atoms with E-state index < -0.39 is 0 Å². The number of hydrogen-bond donors (Lipinski definition) is 2. The lowest BCUT2D eigenvalue weighted by molar-refractivity contribution is 0.331. The molecule has 0 aromatic carbocycles. The third kappa shape index (κ3) is 2.23. The minimum Gasteiger partial charge on any atom is -0.381 e. The molecule has 0 aliphatic carbocycles. The summed E-state index contributed by atoms with van der Waals surface area (Å²) in [5.41, 5.74) is 5.38. The molecule has 0 spiro atoms. The van der Waals surface area contributed by atoms with Crippen LogP contribution in [0.1, 0.15) is 26.5 Å². The number of nitrogen functional groups attached to an aromatic ring is 1. The zero-order valence-electron chi connectivity index (χ0n) is 7.22. The van der Waals surface area contributed by atoms with Crippen molar-refractivity contribution in [1.82, 2.24) is 11.3 Å². The van der Waals surface area contributed by atoms with Crippen LogP contribution in [0.4, 0.5) is 5.82 Å². The zero-order valence-corrected chi connectivity index (χ0v) is 7.22. The molecule has 0 fully saturated rings. The van der Waals surface area contributed by atoms with Gasteiger partial charge in [-0.15, -0.1) is 0 Å². The van der Waals surface area contributed by atoms with Gasteiger partial charge in [-0.25, -0.2) is 0 Å². The first-order chi connectivity index (χ1) is 4.50. The predicted octanol–water partition coefficient (Wildman–Crippen LogP) is 1.72. The fourth-order valence-electron chi connectivity index (χ4n) is 0.642. The first-order valence-electron chi connectivity index (χ1n) is 3.23. The second-order valence-corrected chi connectivity index (χ2v) is 3.37. The number of nitrogens with two attached hydrogens (primary N) is 1. The third-order valence-corrected chi connectivity index (χ3v) is 1.27. The normalized spacial score (nSPS) is 10.8. The summed E-state index contributed by atoms with van der Waals surface area (Å²) in [5, 5.41) is 3.59. The van der Waals surface area contributed by atoms with Crippen molar-refractivity contribution < 1.29 is 4.52 Å². The molecule has 0 atom stereocenters. The smallest absolute Gasteiger partial charge is 0.167 e. The van der Waals surface area contributed by atoms with Crippen molar-refractivity contribution in [3.8, 4) is 0 Å². The summed E-state index contributed by atoms with van der Waals surface area (Å²) in [7, 11) is 0. The monoisotopic (exact) mass is 157 g/mol. The van der Waals surface area contributed by atoms with Gasteiger partial charge in [-0.1, -0.05) is 25.9 Å².